The van der Waals surface area contributed by atoms with Gasteiger partial charge in [0.25, 0.3) is 0 Å². The van der Waals surface area contributed by atoms with E-state index in [0.29, 0.717) is 12.5 Å². The van der Waals surface area contributed by atoms with Crippen molar-refractivity contribution < 1.29 is 5.11 Å². The summed E-state index contributed by atoms with van der Waals surface area (Å²) in [5.41, 5.74) is 0.782. The first-order chi connectivity index (χ1) is 6.72. The molecule has 0 saturated heterocycles. The van der Waals surface area contributed by atoms with Gasteiger partial charge < -0.3 is 10.4 Å². The zero-order valence-corrected chi connectivity index (χ0v) is 8.56. The second kappa shape index (κ2) is 5.49. The molecule has 78 valence electrons. The molecule has 2 N–H and O–H groups in total. The maximum Gasteiger partial charge on any atom is 0.242 e. The lowest BCUT2D eigenvalue weighted by molar-refractivity contribution is 0.176. The van der Waals surface area contributed by atoms with E-state index in [-0.39, 0.29) is 6.10 Å². The van der Waals surface area contributed by atoms with Crippen molar-refractivity contribution in [3.63, 3.8) is 0 Å². The van der Waals surface area contributed by atoms with E-state index in [0.717, 1.165) is 18.5 Å². The summed E-state index contributed by atoms with van der Waals surface area (Å²) >= 11 is 0. The molecule has 0 spiro atoms. The molecule has 5 heteroatoms. The number of rotatable bonds is 5. The van der Waals surface area contributed by atoms with Crippen molar-refractivity contribution in [2.24, 2.45) is 0 Å². The SMILES string of the molecule is CCCC(O)CNc1ncc(C)nn1. The van der Waals surface area contributed by atoms with Gasteiger partial charge in [0.2, 0.25) is 5.95 Å². The standard InChI is InChI=1S/C9H16N4O/c1-3-4-8(14)6-11-9-10-5-7(2)12-13-9/h5,8,14H,3-4,6H2,1-2H3,(H,10,11,13). The molecular weight excluding hydrogens is 180 g/mol. The Hall–Kier alpha value is -1.23. The Morgan fingerprint density at radius 3 is 2.86 bits per heavy atom. The summed E-state index contributed by atoms with van der Waals surface area (Å²) in [6, 6.07) is 0. The molecule has 1 aromatic heterocycles. The number of aromatic nitrogens is 3. The molecule has 14 heavy (non-hydrogen) atoms. The summed E-state index contributed by atoms with van der Waals surface area (Å²) in [6.07, 6.45) is 3.05. The molecule has 0 amide bonds. The Morgan fingerprint density at radius 1 is 1.50 bits per heavy atom. The minimum absolute atomic E-state index is 0.343. The van der Waals surface area contributed by atoms with Crippen molar-refractivity contribution in [1.29, 1.82) is 0 Å². The van der Waals surface area contributed by atoms with Crippen LogP contribution in [0.5, 0.6) is 0 Å². The smallest absolute Gasteiger partial charge is 0.242 e. The molecule has 0 bridgehead atoms. The summed E-state index contributed by atoms with van der Waals surface area (Å²) in [4.78, 5) is 4.01. The fourth-order valence-corrected chi connectivity index (χ4v) is 1.06. The Kier molecular flexibility index (Phi) is 4.25. The third-order valence-corrected chi connectivity index (χ3v) is 1.79. The number of hydrogen-bond donors (Lipinski definition) is 2. The van der Waals surface area contributed by atoms with Gasteiger partial charge in [-0.15, -0.1) is 5.10 Å². The van der Waals surface area contributed by atoms with Crippen LogP contribution in [-0.4, -0.2) is 32.9 Å². The summed E-state index contributed by atoms with van der Waals surface area (Å²) in [6.45, 7) is 4.33. The maximum atomic E-state index is 9.43. The van der Waals surface area contributed by atoms with E-state index in [2.05, 4.69) is 20.5 Å². The van der Waals surface area contributed by atoms with Crippen molar-refractivity contribution in [1.82, 2.24) is 15.2 Å². The molecule has 0 aliphatic heterocycles. The summed E-state index contributed by atoms with van der Waals surface area (Å²) < 4.78 is 0. The van der Waals surface area contributed by atoms with Crippen molar-refractivity contribution in [2.75, 3.05) is 11.9 Å². The molecule has 5 nitrogen and oxygen atoms in total. The van der Waals surface area contributed by atoms with Gasteiger partial charge in [-0.25, -0.2) is 4.98 Å². The van der Waals surface area contributed by atoms with Crippen LogP contribution in [0.15, 0.2) is 6.20 Å². The van der Waals surface area contributed by atoms with Gasteiger partial charge in [-0.2, -0.15) is 5.10 Å². The van der Waals surface area contributed by atoms with Crippen LogP contribution in [0.4, 0.5) is 5.95 Å². The minimum atomic E-state index is -0.343. The van der Waals surface area contributed by atoms with Crippen LogP contribution in [-0.2, 0) is 0 Å². The van der Waals surface area contributed by atoms with E-state index in [1.165, 1.54) is 0 Å². The number of aryl methyl sites for hydroxylation is 1. The van der Waals surface area contributed by atoms with Gasteiger partial charge in [0.05, 0.1) is 18.0 Å². The monoisotopic (exact) mass is 196 g/mol. The zero-order valence-electron chi connectivity index (χ0n) is 8.56. The number of aliphatic hydroxyl groups excluding tert-OH is 1. The van der Waals surface area contributed by atoms with Gasteiger partial charge in [-0.3, -0.25) is 0 Å². The third kappa shape index (κ3) is 3.66. The average molecular weight is 196 g/mol. The fraction of sp³-hybridized carbons (Fsp3) is 0.667. The van der Waals surface area contributed by atoms with Crippen LogP contribution < -0.4 is 5.32 Å². The van der Waals surface area contributed by atoms with E-state index >= 15 is 0 Å². The molecule has 0 fully saturated rings. The van der Waals surface area contributed by atoms with Gasteiger partial charge in [-0.05, 0) is 13.3 Å². The Morgan fingerprint density at radius 2 is 2.29 bits per heavy atom. The van der Waals surface area contributed by atoms with Crippen molar-refractivity contribution >= 4 is 5.95 Å². The van der Waals surface area contributed by atoms with Crippen LogP contribution >= 0.6 is 0 Å². The van der Waals surface area contributed by atoms with Crippen LogP contribution in [0.2, 0.25) is 0 Å². The molecule has 1 atom stereocenters. The lowest BCUT2D eigenvalue weighted by Crippen LogP contribution is -2.20. The van der Waals surface area contributed by atoms with Gasteiger partial charge in [-0.1, -0.05) is 13.3 Å². The van der Waals surface area contributed by atoms with E-state index in [1.54, 1.807) is 6.20 Å². The van der Waals surface area contributed by atoms with Gasteiger partial charge in [0, 0.05) is 6.54 Å². The van der Waals surface area contributed by atoms with E-state index in [4.69, 9.17) is 0 Å². The highest BCUT2D eigenvalue weighted by molar-refractivity contribution is 5.21. The second-order valence-electron chi connectivity index (χ2n) is 3.25. The molecule has 0 radical (unpaired) electrons. The normalized spacial score (nSPS) is 12.5. The van der Waals surface area contributed by atoms with Crippen LogP contribution in [0.3, 0.4) is 0 Å². The van der Waals surface area contributed by atoms with Crippen molar-refractivity contribution in [3.05, 3.63) is 11.9 Å². The average Bonchev–Trinajstić information content (AvgIpc) is 2.17. The minimum Gasteiger partial charge on any atom is -0.391 e. The lowest BCUT2D eigenvalue weighted by Gasteiger charge is -2.09. The topological polar surface area (TPSA) is 70.9 Å². The first-order valence-corrected chi connectivity index (χ1v) is 4.80. The molecule has 1 heterocycles. The lowest BCUT2D eigenvalue weighted by atomic mass is 10.2. The largest absolute Gasteiger partial charge is 0.391 e. The van der Waals surface area contributed by atoms with E-state index < -0.39 is 0 Å². The Balaban J connectivity index is 2.34. The molecule has 0 saturated carbocycles. The molecule has 1 rings (SSSR count). The van der Waals surface area contributed by atoms with E-state index in [1.807, 2.05) is 13.8 Å². The maximum absolute atomic E-state index is 9.43. The third-order valence-electron chi connectivity index (χ3n) is 1.79. The Bertz CT molecular complexity index is 262. The number of aliphatic hydroxyl groups is 1. The highest BCUT2D eigenvalue weighted by atomic mass is 16.3. The predicted molar refractivity (Wildman–Crippen MR) is 54.0 cm³/mol. The van der Waals surface area contributed by atoms with Crippen LogP contribution in [0.25, 0.3) is 0 Å². The highest BCUT2D eigenvalue weighted by Gasteiger charge is 2.03. The number of nitrogens with one attached hydrogen (secondary N) is 1. The van der Waals surface area contributed by atoms with Gasteiger partial charge >= 0.3 is 0 Å². The fourth-order valence-electron chi connectivity index (χ4n) is 1.06. The first-order valence-electron chi connectivity index (χ1n) is 4.80. The summed E-state index contributed by atoms with van der Waals surface area (Å²) in [5, 5.41) is 20.0. The van der Waals surface area contributed by atoms with Crippen molar-refractivity contribution in [2.45, 2.75) is 32.8 Å². The van der Waals surface area contributed by atoms with E-state index in [9.17, 15) is 5.11 Å². The molecular formula is C9H16N4O. The highest BCUT2D eigenvalue weighted by Crippen LogP contribution is 1.99. The number of hydrogen-bond acceptors (Lipinski definition) is 5. The first kappa shape index (κ1) is 10.8. The van der Waals surface area contributed by atoms with Gasteiger partial charge in [0.1, 0.15) is 0 Å². The number of anilines is 1. The van der Waals surface area contributed by atoms with Crippen LogP contribution in [0.1, 0.15) is 25.5 Å². The molecule has 1 unspecified atom stereocenters. The van der Waals surface area contributed by atoms with Gasteiger partial charge in [0.15, 0.2) is 0 Å². The molecule has 0 aliphatic rings. The zero-order chi connectivity index (χ0) is 10.4. The molecule has 1 aromatic rings. The summed E-state index contributed by atoms with van der Waals surface area (Å²) in [5.74, 6) is 0.464. The molecule has 0 aromatic carbocycles. The number of nitrogens with zero attached hydrogens (tertiary/aromatic N) is 3. The second-order valence-corrected chi connectivity index (χ2v) is 3.25. The molecule has 0 aliphatic carbocycles. The van der Waals surface area contributed by atoms with Crippen LogP contribution in [0, 0.1) is 6.92 Å². The van der Waals surface area contributed by atoms with Crippen molar-refractivity contribution in [3.8, 4) is 0 Å². The summed E-state index contributed by atoms with van der Waals surface area (Å²) in [7, 11) is 0. The Labute approximate surface area is 83.6 Å². The predicted octanol–water partition coefficient (Wildman–Crippen LogP) is 0.753. The quantitative estimate of drug-likeness (QED) is 0.727.